The molecular formula is C18H18N4O3S2. The fraction of sp³-hybridized carbons (Fsp3) is 0.222. The lowest BCUT2D eigenvalue weighted by molar-refractivity contribution is -0.145. The number of ether oxygens (including phenoxy) is 1. The van der Waals surface area contributed by atoms with Crippen molar-refractivity contribution in [3.05, 3.63) is 58.2 Å². The van der Waals surface area contributed by atoms with E-state index in [2.05, 4.69) is 15.5 Å². The average molecular weight is 403 g/mol. The Morgan fingerprint density at radius 1 is 1.30 bits per heavy atom. The first kappa shape index (κ1) is 19.0. The van der Waals surface area contributed by atoms with Crippen LogP contribution < -0.4 is 5.32 Å². The van der Waals surface area contributed by atoms with Gasteiger partial charge in [0.15, 0.2) is 10.6 Å². The molecule has 1 unspecified atom stereocenters. The second kappa shape index (κ2) is 8.74. The van der Waals surface area contributed by atoms with E-state index in [1.807, 2.05) is 47.8 Å². The van der Waals surface area contributed by atoms with Crippen LogP contribution in [0.1, 0.15) is 18.5 Å². The number of H-pyrrole nitrogens is 1. The minimum absolute atomic E-state index is 0.167. The van der Waals surface area contributed by atoms with Gasteiger partial charge in [-0.2, -0.15) is 5.10 Å². The number of carbonyl (C=O) groups excluding carboxylic acids is 2. The van der Waals surface area contributed by atoms with Crippen molar-refractivity contribution in [1.82, 2.24) is 20.1 Å². The van der Waals surface area contributed by atoms with Crippen molar-refractivity contribution in [2.45, 2.75) is 19.6 Å². The van der Waals surface area contributed by atoms with E-state index in [0.29, 0.717) is 10.6 Å². The lowest BCUT2D eigenvalue weighted by atomic mass is 10.2. The van der Waals surface area contributed by atoms with E-state index in [9.17, 15) is 9.59 Å². The fourth-order valence-corrected chi connectivity index (χ4v) is 3.46. The third-order valence-corrected chi connectivity index (χ3v) is 5.02. The molecule has 1 aromatic carbocycles. The molecule has 0 aliphatic heterocycles. The van der Waals surface area contributed by atoms with E-state index in [1.54, 1.807) is 11.5 Å². The predicted molar refractivity (Wildman–Crippen MR) is 105 cm³/mol. The Morgan fingerprint density at radius 3 is 2.78 bits per heavy atom. The van der Waals surface area contributed by atoms with Gasteiger partial charge >= 0.3 is 5.97 Å². The van der Waals surface area contributed by atoms with Crippen LogP contribution in [0.3, 0.4) is 0 Å². The Bertz CT molecular complexity index is 964. The van der Waals surface area contributed by atoms with Crippen molar-refractivity contribution in [2.75, 3.05) is 6.54 Å². The molecular weight excluding hydrogens is 384 g/mol. The molecule has 0 saturated heterocycles. The average Bonchev–Trinajstić information content (AvgIpc) is 3.34. The number of nitrogens with one attached hydrogen (secondary N) is 2. The molecule has 27 heavy (non-hydrogen) atoms. The van der Waals surface area contributed by atoms with Crippen LogP contribution in [-0.2, 0) is 20.9 Å². The topological polar surface area (TPSA) is 89.0 Å². The quantitative estimate of drug-likeness (QED) is 0.468. The van der Waals surface area contributed by atoms with Crippen LogP contribution in [0.5, 0.6) is 0 Å². The zero-order valence-corrected chi connectivity index (χ0v) is 16.2. The Kier molecular flexibility index (Phi) is 6.15. The number of hydrogen-bond acceptors (Lipinski definition) is 6. The summed E-state index contributed by atoms with van der Waals surface area (Å²) in [6.45, 7) is 1.66. The maximum atomic E-state index is 12.5. The van der Waals surface area contributed by atoms with Gasteiger partial charge in [0.1, 0.15) is 19.2 Å². The predicted octanol–water partition coefficient (Wildman–Crippen LogP) is 3.09. The SMILES string of the molecule is CC(C(=O)NCC(=O)OCc1ccccc1)n1c(-c2cccs2)n[nH]c1=S. The molecule has 7 nitrogen and oxygen atoms in total. The van der Waals surface area contributed by atoms with Crippen LogP contribution in [0, 0.1) is 4.77 Å². The third-order valence-electron chi connectivity index (χ3n) is 3.86. The second-order valence-corrected chi connectivity index (χ2v) is 7.07. The number of aromatic amines is 1. The summed E-state index contributed by atoms with van der Waals surface area (Å²) in [6.07, 6.45) is 0. The monoisotopic (exact) mass is 402 g/mol. The van der Waals surface area contributed by atoms with Crippen LogP contribution in [0.2, 0.25) is 0 Å². The van der Waals surface area contributed by atoms with Crippen molar-refractivity contribution < 1.29 is 14.3 Å². The number of esters is 1. The van der Waals surface area contributed by atoms with Gasteiger partial charge in [0.25, 0.3) is 0 Å². The Balaban J connectivity index is 1.58. The van der Waals surface area contributed by atoms with Crippen LogP contribution in [0.25, 0.3) is 10.7 Å². The summed E-state index contributed by atoms with van der Waals surface area (Å²) in [5.41, 5.74) is 0.885. The van der Waals surface area contributed by atoms with Crippen molar-refractivity contribution >= 4 is 35.4 Å². The molecule has 2 heterocycles. The van der Waals surface area contributed by atoms with Gasteiger partial charge in [0.2, 0.25) is 5.91 Å². The molecule has 9 heteroatoms. The summed E-state index contributed by atoms with van der Waals surface area (Å²) in [6, 6.07) is 12.5. The van der Waals surface area contributed by atoms with Gasteiger partial charge in [-0.3, -0.25) is 19.3 Å². The van der Waals surface area contributed by atoms with Gasteiger partial charge in [-0.1, -0.05) is 36.4 Å². The van der Waals surface area contributed by atoms with Crippen LogP contribution >= 0.6 is 23.6 Å². The normalized spacial score (nSPS) is 11.7. The number of hydrogen-bond donors (Lipinski definition) is 2. The molecule has 3 rings (SSSR count). The molecule has 1 atom stereocenters. The fourth-order valence-electron chi connectivity index (χ4n) is 2.46. The third kappa shape index (κ3) is 4.69. The van der Waals surface area contributed by atoms with Gasteiger partial charge in [-0.25, -0.2) is 0 Å². The number of benzene rings is 1. The molecule has 0 radical (unpaired) electrons. The van der Waals surface area contributed by atoms with E-state index in [4.69, 9.17) is 17.0 Å². The Hall–Kier alpha value is -2.78. The van der Waals surface area contributed by atoms with Crippen LogP contribution in [0.15, 0.2) is 47.8 Å². The Labute approximate surface area is 165 Å². The van der Waals surface area contributed by atoms with Crippen LogP contribution in [0.4, 0.5) is 0 Å². The highest BCUT2D eigenvalue weighted by atomic mass is 32.1. The smallest absolute Gasteiger partial charge is 0.325 e. The van der Waals surface area contributed by atoms with E-state index in [-0.39, 0.29) is 19.1 Å². The summed E-state index contributed by atoms with van der Waals surface area (Å²) in [5, 5.41) is 11.4. The molecule has 2 N–H and O–H groups in total. The van der Waals surface area contributed by atoms with Gasteiger partial charge in [-0.15, -0.1) is 11.3 Å². The molecule has 0 spiro atoms. The first-order chi connectivity index (χ1) is 13.1. The summed E-state index contributed by atoms with van der Waals surface area (Å²) in [5.74, 6) is -0.264. The molecule has 0 aliphatic carbocycles. The molecule has 3 aromatic rings. The van der Waals surface area contributed by atoms with Crippen molar-refractivity contribution in [2.24, 2.45) is 0 Å². The van der Waals surface area contributed by atoms with Gasteiger partial charge in [0, 0.05) is 0 Å². The standard InChI is InChI=1S/C18H18N4O3S2/c1-12(22-16(20-21-18(22)26)14-8-5-9-27-14)17(24)19-10-15(23)25-11-13-6-3-2-4-7-13/h2-9,12H,10-11H2,1H3,(H,19,24)(H,21,26). The lowest BCUT2D eigenvalue weighted by Crippen LogP contribution is -2.35. The Morgan fingerprint density at radius 2 is 2.07 bits per heavy atom. The number of nitrogens with zero attached hydrogens (tertiary/aromatic N) is 2. The molecule has 0 aliphatic rings. The van der Waals surface area contributed by atoms with E-state index < -0.39 is 12.0 Å². The number of carbonyl (C=O) groups is 2. The maximum absolute atomic E-state index is 12.5. The number of aromatic nitrogens is 3. The van der Waals surface area contributed by atoms with Crippen molar-refractivity contribution in [1.29, 1.82) is 0 Å². The highest BCUT2D eigenvalue weighted by molar-refractivity contribution is 7.71. The lowest BCUT2D eigenvalue weighted by Gasteiger charge is -2.15. The van der Waals surface area contributed by atoms with E-state index in [0.717, 1.165) is 10.4 Å². The summed E-state index contributed by atoms with van der Waals surface area (Å²) in [7, 11) is 0. The van der Waals surface area contributed by atoms with Gasteiger partial charge in [-0.05, 0) is 36.2 Å². The van der Waals surface area contributed by atoms with E-state index in [1.165, 1.54) is 11.3 Å². The molecule has 0 bridgehead atoms. The first-order valence-corrected chi connectivity index (χ1v) is 9.53. The maximum Gasteiger partial charge on any atom is 0.325 e. The van der Waals surface area contributed by atoms with Crippen LogP contribution in [-0.4, -0.2) is 33.2 Å². The highest BCUT2D eigenvalue weighted by Gasteiger charge is 2.21. The zero-order chi connectivity index (χ0) is 19.2. The highest BCUT2D eigenvalue weighted by Crippen LogP contribution is 2.25. The second-order valence-electron chi connectivity index (χ2n) is 5.74. The van der Waals surface area contributed by atoms with Gasteiger partial charge < -0.3 is 10.1 Å². The minimum atomic E-state index is -0.629. The van der Waals surface area contributed by atoms with Crippen molar-refractivity contribution in [3.8, 4) is 10.7 Å². The molecule has 0 saturated carbocycles. The summed E-state index contributed by atoms with van der Waals surface area (Å²) in [4.78, 5) is 25.2. The van der Waals surface area contributed by atoms with Gasteiger partial charge in [0.05, 0.1) is 4.88 Å². The summed E-state index contributed by atoms with van der Waals surface area (Å²) < 4.78 is 7.13. The molecule has 140 valence electrons. The van der Waals surface area contributed by atoms with Crippen molar-refractivity contribution in [3.63, 3.8) is 0 Å². The van der Waals surface area contributed by atoms with E-state index >= 15 is 0 Å². The molecule has 2 aromatic heterocycles. The zero-order valence-electron chi connectivity index (χ0n) is 14.5. The number of rotatable bonds is 7. The largest absolute Gasteiger partial charge is 0.460 e. The summed E-state index contributed by atoms with van der Waals surface area (Å²) >= 11 is 6.75. The number of amides is 1. The number of thiophene rings is 1. The molecule has 0 fully saturated rings. The minimum Gasteiger partial charge on any atom is -0.460 e. The molecule has 1 amide bonds. The first-order valence-electron chi connectivity index (χ1n) is 8.24.